The number of methoxy groups -OCH3 is 1. The summed E-state index contributed by atoms with van der Waals surface area (Å²) >= 11 is 0. The van der Waals surface area contributed by atoms with Crippen molar-refractivity contribution in [3.63, 3.8) is 0 Å². The lowest BCUT2D eigenvalue weighted by Gasteiger charge is -2.17. The van der Waals surface area contributed by atoms with E-state index in [1.807, 2.05) is 26.0 Å². The molecule has 2 unspecified atom stereocenters. The second-order valence-corrected chi connectivity index (χ2v) is 3.87. The molecule has 3 nitrogen and oxygen atoms in total. The summed E-state index contributed by atoms with van der Waals surface area (Å²) in [6.07, 6.45) is -1.61. The number of hydrogen-bond acceptors (Lipinski definition) is 3. The fraction of sp³-hybridized carbons (Fsp3) is 0.500. The first-order chi connectivity index (χ1) is 6.97. The molecule has 3 heteroatoms. The van der Waals surface area contributed by atoms with E-state index in [-0.39, 0.29) is 0 Å². The van der Waals surface area contributed by atoms with Gasteiger partial charge in [0.15, 0.2) is 0 Å². The largest absolute Gasteiger partial charge is 0.496 e. The second kappa shape index (κ2) is 4.64. The molecule has 0 bridgehead atoms. The van der Waals surface area contributed by atoms with Crippen LogP contribution in [0.2, 0.25) is 0 Å². The van der Waals surface area contributed by atoms with E-state index in [4.69, 9.17) is 4.74 Å². The van der Waals surface area contributed by atoms with Crippen LogP contribution in [0, 0.1) is 13.8 Å². The maximum atomic E-state index is 9.72. The van der Waals surface area contributed by atoms with E-state index < -0.39 is 12.2 Å². The van der Waals surface area contributed by atoms with Crippen LogP contribution in [0.15, 0.2) is 12.1 Å². The van der Waals surface area contributed by atoms with Crippen LogP contribution in [0.3, 0.4) is 0 Å². The Morgan fingerprint density at radius 3 is 1.93 bits per heavy atom. The van der Waals surface area contributed by atoms with Gasteiger partial charge in [-0.05, 0) is 49.6 Å². The van der Waals surface area contributed by atoms with Crippen LogP contribution >= 0.6 is 0 Å². The van der Waals surface area contributed by atoms with Gasteiger partial charge in [-0.1, -0.05) is 0 Å². The second-order valence-electron chi connectivity index (χ2n) is 3.87. The van der Waals surface area contributed by atoms with Gasteiger partial charge in [0.2, 0.25) is 0 Å². The third kappa shape index (κ3) is 2.49. The number of aryl methyl sites for hydroxylation is 2. The summed E-state index contributed by atoms with van der Waals surface area (Å²) in [5, 5.41) is 19.0. The van der Waals surface area contributed by atoms with Crippen LogP contribution < -0.4 is 4.74 Å². The summed E-state index contributed by atoms with van der Waals surface area (Å²) in [5.74, 6) is 0.830. The van der Waals surface area contributed by atoms with Crippen molar-refractivity contribution in [3.05, 3.63) is 28.8 Å². The van der Waals surface area contributed by atoms with Crippen LogP contribution in [0.5, 0.6) is 5.75 Å². The lowest BCUT2D eigenvalue weighted by atomic mass is 9.99. The van der Waals surface area contributed by atoms with Crippen molar-refractivity contribution in [1.29, 1.82) is 0 Å². The van der Waals surface area contributed by atoms with Crippen molar-refractivity contribution in [2.45, 2.75) is 33.0 Å². The molecule has 1 aromatic rings. The van der Waals surface area contributed by atoms with Gasteiger partial charge in [-0.2, -0.15) is 0 Å². The zero-order valence-corrected chi connectivity index (χ0v) is 9.61. The molecular formula is C12H18O3. The summed E-state index contributed by atoms with van der Waals surface area (Å²) in [6.45, 7) is 5.41. The molecule has 84 valence electrons. The molecule has 0 aromatic heterocycles. The number of aliphatic hydroxyl groups is 2. The highest BCUT2D eigenvalue weighted by molar-refractivity contribution is 5.44. The number of rotatable bonds is 3. The molecule has 0 heterocycles. The highest BCUT2D eigenvalue weighted by Crippen LogP contribution is 2.28. The Kier molecular flexibility index (Phi) is 3.72. The van der Waals surface area contributed by atoms with Gasteiger partial charge >= 0.3 is 0 Å². The Bertz CT molecular complexity index is 322. The van der Waals surface area contributed by atoms with Crippen LogP contribution in [-0.4, -0.2) is 23.4 Å². The monoisotopic (exact) mass is 210 g/mol. The van der Waals surface area contributed by atoms with Gasteiger partial charge in [0.1, 0.15) is 11.9 Å². The minimum Gasteiger partial charge on any atom is -0.496 e. The molecule has 0 spiro atoms. The fourth-order valence-electron chi connectivity index (χ4n) is 1.76. The summed E-state index contributed by atoms with van der Waals surface area (Å²) < 4.78 is 5.23. The molecule has 0 aliphatic heterocycles. The topological polar surface area (TPSA) is 49.7 Å². The van der Waals surface area contributed by atoms with Crippen molar-refractivity contribution in [1.82, 2.24) is 0 Å². The van der Waals surface area contributed by atoms with Gasteiger partial charge in [0.25, 0.3) is 0 Å². The Balaban J connectivity index is 3.14. The lowest BCUT2D eigenvalue weighted by Crippen LogP contribution is -2.14. The third-order valence-electron chi connectivity index (χ3n) is 2.49. The predicted molar refractivity (Wildman–Crippen MR) is 59.1 cm³/mol. The molecule has 15 heavy (non-hydrogen) atoms. The van der Waals surface area contributed by atoms with Crippen molar-refractivity contribution in [3.8, 4) is 5.75 Å². The lowest BCUT2D eigenvalue weighted by molar-refractivity contribution is 0.0304. The number of hydrogen-bond donors (Lipinski definition) is 2. The Morgan fingerprint density at radius 1 is 1.13 bits per heavy atom. The molecular weight excluding hydrogens is 192 g/mol. The molecule has 0 amide bonds. The fourth-order valence-corrected chi connectivity index (χ4v) is 1.76. The zero-order valence-electron chi connectivity index (χ0n) is 9.61. The van der Waals surface area contributed by atoms with Gasteiger partial charge < -0.3 is 14.9 Å². The van der Waals surface area contributed by atoms with Gasteiger partial charge in [0.05, 0.1) is 13.2 Å². The van der Waals surface area contributed by atoms with E-state index in [1.54, 1.807) is 14.0 Å². The van der Waals surface area contributed by atoms with Gasteiger partial charge in [0, 0.05) is 0 Å². The van der Waals surface area contributed by atoms with Crippen LogP contribution in [0.4, 0.5) is 0 Å². The smallest absolute Gasteiger partial charge is 0.124 e. The predicted octanol–water partition coefficient (Wildman–Crippen LogP) is 1.73. The SMILES string of the molecule is COc1c(C)cc(C(O)C(C)O)cc1C. The van der Waals surface area contributed by atoms with Crippen molar-refractivity contribution in [2.24, 2.45) is 0 Å². The van der Waals surface area contributed by atoms with Gasteiger partial charge in [-0.3, -0.25) is 0 Å². The Morgan fingerprint density at radius 2 is 1.60 bits per heavy atom. The summed E-state index contributed by atoms with van der Waals surface area (Å²) in [7, 11) is 1.63. The first-order valence-corrected chi connectivity index (χ1v) is 4.98. The van der Waals surface area contributed by atoms with Crippen molar-refractivity contribution >= 4 is 0 Å². The normalized spacial score (nSPS) is 14.8. The minimum atomic E-state index is -0.840. The van der Waals surface area contributed by atoms with E-state index in [0.717, 1.165) is 22.4 Å². The third-order valence-corrected chi connectivity index (χ3v) is 2.49. The van der Waals surface area contributed by atoms with Crippen LogP contribution in [0.1, 0.15) is 29.7 Å². The first kappa shape index (κ1) is 12.0. The quantitative estimate of drug-likeness (QED) is 0.798. The van der Waals surface area contributed by atoms with Crippen molar-refractivity contribution < 1.29 is 14.9 Å². The van der Waals surface area contributed by atoms with Crippen LogP contribution in [0.25, 0.3) is 0 Å². The highest BCUT2D eigenvalue weighted by Gasteiger charge is 2.16. The van der Waals surface area contributed by atoms with E-state index in [0.29, 0.717) is 0 Å². The molecule has 2 N–H and O–H groups in total. The minimum absolute atomic E-state index is 0.723. The Hall–Kier alpha value is -1.06. The summed E-state index contributed by atoms with van der Waals surface area (Å²) in [5.41, 5.74) is 2.65. The standard InChI is InChI=1S/C12H18O3/c1-7-5-10(11(14)9(3)13)6-8(2)12(7)15-4/h5-6,9,11,13-14H,1-4H3. The van der Waals surface area contributed by atoms with Crippen molar-refractivity contribution in [2.75, 3.05) is 7.11 Å². The molecule has 0 fully saturated rings. The molecule has 0 radical (unpaired) electrons. The molecule has 0 aliphatic rings. The first-order valence-electron chi connectivity index (χ1n) is 4.98. The molecule has 1 aromatic carbocycles. The van der Waals surface area contributed by atoms with Gasteiger partial charge in [-0.15, -0.1) is 0 Å². The average Bonchev–Trinajstić information content (AvgIpc) is 2.15. The zero-order chi connectivity index (χ0) is 11.6. The van der Waals surface area contributed by atoms with E-state index >= 15 is 0 Å². The summed E-state index contributed by atoms with van der Waals surface area (Å²) in [6, 6.07) is 3.67. The van der Waals surface area contributed by atoms with E-state index in [9.17, 15) is 10.2 Å². The van der Waals surface area contributed by atoms with E-state index in [1.165, 1.54) is 0 Å². The molecule has 0 saturated carbocycles. The maximum absolute atomic E-state index is 9.72. The average molecular weight is 210 g/mol. The molecule has 2 atom stereocenters. The number of ether oxygens (including phenoxy) is 1. The molecule has 0 saturated heterocycles. The molecule has 0 aliphatic carbocycles. The number of aliphatic hydroxyl groups excluding tert-OH is 2. The highest BCUT2D eigenvalue weighted by atomic mass is 16.5. The number of benzene rings is 1. The van der Waals surface area contributed by atoms with Crippen LogP contribution in [-0.2, 0) is 0 Å². The van der Waals surface area contributed by atoms with E-state index in [2.05, 4.69) is 0 Å². The molecule has 1 rings (SSSR count). The van der Waals surface area contributed by atoms with Gasteiger partial charge in [-0.25, -0.2) is 0 Å². The summed E-state index contributed by atoms with van der Waals surface area (Å²) in [4.78, 5) is 0. The maximum Gasteiger partial charge on any atom is 0.124 e. The Labute approximate surface area is 90.3 Å².